The molecule has 2 nitrogen and oxygen atoms in total. The van der Waals surface area contributed by atoms with Crippen LogP contribution in [0.5, 0.6) is 0 Å². The van der Waals surface area contributed by atoms with Crippen LogP contribution < -0.4 is 0 Å². The second kappa shape index (κ2) is 2.67. The third kappa shape index (κ3) is 1.25. The molecule has 0 aromatic heterocycles. The zero-order valence-electron chi connectivity index (χ0n) is 5.26. The van der Waals surface area contributed by atoms with Crippen LogP contribution in [0.4, 0.5) is 0 Å². The standard InChI is InChI=1S/C6H9ClO2/c1-2-9-5-3-4(8)6(5)7/h5-6H,2-3H2,1H3/t5-,6+/m1/s1. The lowest BCUT2D eigenvalue weighted by molar-refractivity contribution is -0.132. The summed E-state index contributed by atoms with van der Waals surface area (Å²) in [5, 5.41) is -0.370. The van der Waals surface area contributed by atoms with E-state index in [0.29, 0.717) is 13.0 Å². The highest BCUT2D eigenvalue weighted by Crippen LogP contribution is 2.24. The Morgan fingerprint density at radius 2 is 2.56 bits per heavy atom. The largest absolute Gasteiger partial charge is 0.376 e. The van der Waals surface area contributed by atoms with E-state index < -0.39 is 0 Å². The number of ether oxygens (including phenoxy) is 1. The Bertz CT molecular complexity index is 124. The number of hydrogen-bond donors (Lipinski definition) is 0. The molecule has 0 unspecified atom stereocenters. The van der Waals surface area contributed by atoms with Crippen LogP contribution in [0.15, 0.2) is 0 Å². The van der Waals surface area contributed by atoms with E-state index in [0.717, 1.165) is 0 Å². The van der Waals surface area contributed by atoms with Gasteiger partial charge in [-0.1, -0.05) is 0 Å². The van der Waals surface area contributed by atoms with Gasteiger partial charge >= 0.3 is 0 Å². The third-order valence-electron chi connectivity index (χ3n) is 1.42. The van der Waals surface area contributed by atoms with Crippen molar-refractivity contribution in [3.8, 4) is 0 Å². The normalized spacial score (nSPS) is 34.2. The van der Waals surface area contributed by atoms with Crippen molar-refractivity contribution in [3.05, 3.63) is 0 Å². The molecule has 52 valence electrons. The van der Waals surface area contributed by atoms with Gasteiger partial charge in [0.2, 0.25) is 0 Å². The van der Waals surface area contributed by atoms with E-state index in [9.17, 15) is 4.79 Å². The molecule has 2 atom stereocenters. The summed E-state index contributed by atoms with van der Waals surface area (Å²) in [5.41, 5.74) is 0. The predicted molar refractivity (Wildman–Crippen MR) is 34.7 cm³/mol. The molecule has 0 spiro atoms. The van der Waals surface area contributed by atoms with E-state index >= 15 is 0 Å². The predicted octanol–water partition coefficient (Wildman–Crippen LogP) is 0.972. The highest BCUT2D eigenvalue weighted by molar-refractivity contribution is 6.34. The molecular weight excluding hydrogens is 140 g/mol. The van der Waals surface area contributed by atoms with Crippen LogP contribution >= 0.6 is 11.6 Å². The average Bonchev–Trinajstić information content (AvgIpc) is 1.88. The van der Waals surface area contributed by atoms with E-state index in [1.807, 2.05) is 6.92 Å². The Labute approximate surface area is 59.1 Å². The van der Waals surface area contributed by atoms with Gasteiger partial charge < -0.3 is 4.74 Å². The fourth-order valence-electron chi connectivity index (χ4n) is 0.819. The molecular formula is C6H9ClO2. The maximum atomic E-state index is 10.5. The molecule has 0 radical (unpaired) electrons. The number of carbonyl (C=O) groups is 1. The van der Waals surface area contributed by atoms with E-state index in [1.54, 1.807) is 0 Å². The lowest BCUT2D eigenvalue weighted by Gasteiger charge is -2.29. The van der Waals surface area contributed by atoms with Crippen LogP contribution in [-0.2, 0) is 9.53 Å². The molecule has 0 aromatic rings. The molecule has 1 saturated carbocycles. The maximum Gasteiger partial charge on any atom is 0.156 e. The van der Waals surface area contributed by atoms with E-state index in [1.165, 1.54) is 0 Å². The number of Topliss-reactive ketones (excluding diaryl/α,β-unsaturated/α-hetero) is 1. The Hall–Kier alpha value is -0.0800. The van der Waals surface area contributed by atoms with Crippen LogP contribution in [0.25, 0.3) is 0 Å². The summed E-state index contributed by atoms with van der Waals surface area (Å²) in [4.78, 5) is 10.5. The number of carbonyl (C=O) groups excluding carboxylic acids is 1. The first kappa shape index (κ1) is 7.03. The van der Waals surface area contributed by atoms with Crippen molar-refractivity contribution in [2.24, 2.45) is 0 Å². The molecule has 0 N–H and O–H groups in total. The van der Waals surface area contributed by atoms with Crippen molar-refractivity contribution in [1.29, 1.82) is 0 Å². The first-order valence-electron chi connectivity index (χ1n) is 3.04. The SMILES string of the molecule is CCO[C@@H]1CC(=O)[C@@H]1Cl. The lowest BCUT2D eigenvalue weighted by atomic mass is 9.93. The zero-order chi connectivity index (χ0) is 6.85. The van der Waals surface area contributed by atoms with Gasteiger partial charge in [-0.15, -0.1) is 11.6 Å². The van der Waals surface area contributed by atoms with Crippen molar-refractivity contribution in [1.82, 2.24) is 0 Å². The maximum absolute atomic E-state index is 10.5. The Morgan fingerprint density at radius 1 is 1.89 bits per heavy atom. The van der Waals surface area contributed by atoms with Gasteiger partial charge in [0.1, 0.15) is 5.38 Å². The van der Waals surface area contributed by atoms with Gasteiger partial charge in [0.05, 0.1) is 6.10 Å². The number of rotatable bonds is 2. The Morgan fingerprint density at radius 3 is 2.89 bits per heavy atom. The molecule has 1 fully saturated rings. The number of alkyl halides is 1. The smallest absolute Gasteiger partial charge is 0.156 e. The monoisotopic (exact) mass is 148 g/mol. The van der Waals surface area contributed by atoms with Crippen LogP contribution in [0, 0.1) is 0 Å². The fourth-order valence-corrected chi connectivity index (χ4v) is 1.07. The first-order valence-corrected chi connectivity index (χ1v) is 3.47. The summed E-state index contributed by atoms with van der Waals surface area (Å²) in [6, 6.07) is 0. The summed E-state index contributed by atoms with van der Waals surface area (Å²) in [6.07, 6.45) is 0.492. The molecule has 0 aliphatic heterocycles. The van der Waals surface area contributed by atoms with Crippen molar-refractivity contribution >= 4 is 17.4 Å². The molecule has 3 heteroatoms. The minimum Gasteiger partial charge on any atom is -0.376 e. The quantitative estimate of drug-likeness (QED) is 0.546. The number of hydrogen-bond acceptors (Lipinski definition) is 2. The zero-order valence-corrected chi connectivity index (χ0v) is 6.02. The van der Waals surface area contributed by atoms with Crippen molar-refractivity contribution in [3.63, 3.8) is 0 Å². The highest BCUT2D eigenvalue weighted by atomic mass is 35.5. The van der Waals surface area contributed by atoms with Crippen LogP contribution in [-0.4, -0.2) is 23.9 Å². The van der Waals surface area contributed by atoms with Crippen LogP contribution in [0.3, 0.4) is 0 Å². The van der Waals surface area contributed by atoms with Gasteiger partial charge in [-0.2, -0.15) is 0 Å². The summed E-state index contributed by atoms with van der Waals surface area (Å²) in [7, 11) is 0. The third-order valence-corrected chi connectivity index (χ3v) is 1.94. The van der Waals surface area contributed by atoms with Crippen molar-refractivity contribution < 1.29 is 9.53 Å². The molecule has 1 rings (SSSR count). The van der Waals surface area contributed by atoms with Crippen LogP contribution in [0.1, 0.15) is 13.3 Å². The topological polar surface area (TPSA) is 26.3 Å². The van der Waals surface area contributed by atoms with E-state index in [4.69, 9.17) is 16.3 Å². The first-order chi connectivity index (χ1) is 4.25. The minimum atomic E-state index is -0.370. The summed E-state index contributed by atoms with van der Waals surface area (Å²) in [6.45, 7) is 2.54. The molecule has 0 saturated heterocycles. The molecule has 0 aromatic carbocycles. The second-order valence-electron chi connectivity index (χ2n) is 2.07. The Balaban J connectivity index is 2.25. The van der Waals surface area contributed by atoms with Gasteiger partial charge in [0.15, 0.2) is 5.78 Å². The van der Waals surface area contributed by atoms with Crippen molar-refractivity contribution in [2.45, 2.75) is 24.8 Å². The summed E-state index contributed by atoms with van der Waals surface area (Å²) in [5.74, 6) is 0.107. The van der Waals surface area contributed by atoms with E-state index in [2.05, 4.69) is 0 Å². The van der Waals surface area contributed by atoms with Gasteiger partial charge in [0, 0.05) is 13.0 Å². The van der Waals surface area contributed by atoms with Gasteiger partial charge in [0.25, 0.3) is 0 Å². The molecule has 1 aliphatic rings. The van der Waals surface area contributed by atoms with E-state index in [-0.39, 0.29) is 17.3 Å². The van der Waals surface area contributed by atoms with Gasteiger partial charge in [-0.25, -0.2) is 0 Å². The molecule has 9 heavy (non-hydrogen) atoms. The number of ketones is 1. The fraction of sp³-hybridized carbons (Fsp3) is 0.833. The van der Waals surface area contributed by atoms with Gasteiger partial charge in [-0.3, -0.25) is 4.79 Å². The summed E-state index contributed by atoms with van der Waals surface area (Å²) < 4.78 is 5.11. The lowest BCUT2D eigenvalue weighted by Crippen LogP contribution is -2.44. The second-order valence-corrected chi connectivity index (χ2v) is 2.54. The van der Waals surface area contributed by atoms with Gasteiger partial charge in [-0.05, 0) is 6.92 Å². The molecule has 0 amide bonds. The highest BCUT2D eigenvalue weighted by Gasteiger charge is 2.38. The molecule has 1 aliphatic carbocycles. The molecule has 0 heterocycles. The average molecular weight is 149 g/mol. The summed E-state index contributed by atoms with van der Waals surface area (Å²) >= 11 is 5.57. The minimum absolute atomic E-state index is 0.0100. The Kier molecular flexibility index (Phi) is 2.09. The van der Waals surface area contributed by atoms with Crippen LogP contribution in [0.2, 0.25) is 0 Å². The number of halogens is 1. The van der Waals surface area contributed by atoms with Crippen molar-refractivity contribution in [2.75, 3.05) is 6.61 Å². The molecule has 0 bridgehead atoms.